The molecule has 0 atom stereocenters. The number of hydrogen-bond donors (Lipinski definition) is 3. The number of anilines is 1. The maximum absolute atomic E-state index is 11.0. The second kappa shape index (κ2) is 5.33. The SMILES string of the molecule is O=C(CI)Nc1cccc(B(O)O)c1. The van der Waals surface area contributed by atoms with Gasteiger partial charge in [0.2, 0.25) is 5.91 Å². The summed E-state index contributed by atoms with van der Waals surface area (Å²) in [6, 6.07) is 6.44. The van der Waals surface area contributed by atoms with E-state index in [-0.39, 0.29) is 5.91 Å². The van der Waals surface area contributed by atoms with Gasteiger partial charge in [0.1, 0.15) is 0 Å². The predicted molar refractivity (Wildman–Crippen MR) is 63.8 cm³/mol. The maximum Gasteiger partial charge on any atom is 0.488 e. The van der Waals surface area contributed by atoms with Crippen LogP contribution in [0.5, 0.6) is 0 Å². The van der Waals surface area contributed by atoms with Gasteiger partial charge in [-0.15, -0.1) is 0 Å². The van der Waals surface area contributed by atoms with Gasteiger partial charge in [0.25, 0.3) is 0 Å². The van der Waals surface area contributed by atoms with Gasteiger partial charge in [0.05, 0.1) is 4.43 Å². The third kappa shape index (κ3) is 3.28. The number of halogens is 1. The molecule has 0 aliphatic heterocycles. The van der Waals surface area contributed by atoms with Crippen LogP contribution in [0.3, 0.4) is 0 Å². The third-order valence-corrected chi connectivity index (χ3v) is 2.28. The molecule has 1 aromatic rings. The van der Waals surface area contributed by atoms with Gasteiger partial charge in [-0.25, -0.2) is 0 Å². The molecule has 1 amide bonds. The van der Waals surface area contributed by atoms with E-state index in [4.69, 9.17) is 10.0 Å². The molecule has 14 heavy (non-hydrogen) atoms. The first-order chi connectivity index (χ1) is 6.63. The fourth-order valence-electron chi connectivity index (χ4n) is 0.971. The van der Waals surface area contributed by atoms with E-state index < -0.39 is 7.12 Å². The highest BCUT2D eigenvalue weighted by Crippen LogP contribution is 2.04. The Morgan fingerprint density at radius 2 is 2.21 bits per heavy atom. The Bertz CT molecular complexity index is 332. The van der Waals surface area contributed by atoms with Crippen LogP contribution in [0.15, 0.2) is 24.3 Å². The summed E-state index contributed by atoms with van der Waals surface area (Å²) in [6.45, 7) is 0. The van der Waals surface area contributed by atoms with Crippen molar-refractivity contribution < 1.29 is 14.8 Å². The molecule has 74 valence electrons. The van der Waals surface area contributed by atoms with Crippen LogP contribution in [0.25, 0.3) is 0 Å². The van der Waals surface area contributed by atoms with Gasteiger partial charge in [0.15, 0.2) is 0 Å². The molecule has 0 saturated carbocycles. The molecule has 0 saturated heterocycles. The van der Waals surface area contributed by atoms with Gasteiger partial charge >= 0.3 is 7.12 Å². The van der Waals surface area contributed by atoms with Gasteiger partial charge < -0.3 is 15.4 Å². The minimum absolute atomic E-state index is 0.116. The van der Waals surface area contributed by atoms with Crippen molar-refractivity contribution in [3.63, 3.8) is 0 Å². The summed E-state index contributed by atoms with van der Waals surface area (Å²) in [7, 11) is -1.51. The Morgan fingerprint density at radius 1 is 1.50 bits per heavy atom. The summed E-state index contributed by atoms with van der Waals surface area (Å²) < 4.78 is 0.365. The fraction of sp³-hybridized carbons (Fsp3) is 0.125. The largest absolute Gasteiger partial charge is 0.488 e. The number of carbonyl (C=O) groups is 1. The molecule has 6 heteroatoms. The normalized spacial score (nSPS) is 9.64. The molecular formula is C8H9BINO3. The lowest BCUT2D eigenvalue weighted by atomic mass is 9.80. The molecular weight excluding hydrogens is 296 g/mol. The van der Waals surface area contributed by atoms with Crippen molar-refractivity contribution >= 4 is 46.8 Å². The fourth-order valence-corrected chi connectivity index (χ4v) is 1.16. The van der Waals surface area contributed by atoms with Crippen molar-refractivity contribution in [3.05, 3.63) is 24.3 Å². The van der Waals surface area contributed by atoms with E-state index in [9.17, 15) is 4.79 Å². The number of hydrogen-bond acceptors (Lipinski definition) is 3. The first-order valence-corrected chi connectivity index (χ1v) is 5.48. The van der Waals surface area contributed by atoms with Crippen LogP contribution in [0.2, 0.25) is 0 Å². The lowest BCUT2D eigenvalue weighted by molar-refractivity contribution is -0.113. The number of amides is 1. The van der Waals surface area contributed by atoms with Crippen LogP contribution in [0.4, 0.5) is 5.69 Å². The quantitative estimate of drug-likeness (QED) is 0.409. The van der Waals surface area contributed by atoms with E-state index in [2.05, 4.69) is 5.32 Å². The minimum Gasteiger partial charge on any atom is -0.423 e. The van der Waals surface area contributed by atoms with Crippen molar-refractivity contribution in [2.24, 2.45) is 0 Å². The van der Waals surface area contributed by atoms with Crippen molar-refractivity contribution in [1.82, 2.24) is 0 Å². The lowest BCUT2D eigenvalue weighted by Gasteiger charge is -2.05. The standard InChI is InChI=1S/C8H9BINO3/c10-5-8(12)11-7-3-1-2-6(4-7)9(13)14/h1-4,13-14H,5H2,(H,11,12). The highest BCUT2D eigenvalue weighted by molar-refractivity contribution is 14.1. The summed E-state index contributed by atoms with van der Waals surface area (Å²) in [6.07, 6.45) is 0. The average Bonchev–Trinajstić information content (AvgIpc) is 2.18. The van der Waals surface area contributed by atoms with Gasteiger partial charge in [0, 0.05) is 5.69 Å². The lowest BCUT2D eigenvalue weighted by Crippen LogP contribution is -2.30. The van der Waals surface area contributed by atoms with Crippen molar-refractivity contribution in [2.75, 3.05) is 9.74 Å². The Labute approximate surface area is 95.6 Å². The molecule has 1 aromatic carbocycles. The van der Waals surface area contributed by atoms with Crippen LogP contribution in [-0.4, -0.2) is 27.5 Å². The van der Waals surface area contributed by atoms with Gasteiger partial charge in [-0.05, 0) is 17.6 Å². The van der Waals surface area contributed by atoms with Crippen molar-refractivity contribution in [2.45, 2.75) is 0 Å². The first-order valence-electron chi connectivity index (χ1n) is 3.95. The molecule has 0 aliphatic rings. The molecule has 0 aromatic heterocycles. The molecule has 0 unspecified atom stereocenters. The molecule has 4 nitrogen and oxygen atoms in total. The first kappa shape index (κ1) is 11.5. The Balaban J connectivity index is 2.78. The highest BCUT2D eigenvalue weighted by Gasteiger charge is 2.11. The average molecular weight is 305 g/mol. The van der Waals surface area contributed by atoms with E-state index >= 15 is 0 Å². The maximum atomic E-state index is 11.0. The van der Waals surface area contributed by atoms with Crippen LogP contribution in [0.1, 0.15) is 0 Å². The number of benzene rings is 1. The molecule has 0 radical (unpaired) electrons. The monoisotopic (exact) mass is 305 g/mol. The molecule has 0 heterocycles. The van der Waals surface area contributed by atoms with Crippen LogP contribution in [-0.2, 0) is 4.79 Å². The van der Waals surface area contributed by atoms with Crippen LogP contribution in [0, 0.1) is 0 Å². The summed E-state index contributed by atoms with van der Waals surface area (Å²) in [5.74, 6) is -0.116. The van der Waals surface area contributed by atoms with Crippen LogP contribution >= 0.6 is 22.6 Å². The topological polar surface area (TPSA) is 69.6 Å². The number of nitrogens with one attached hydrogen (secondary N) is 1. The molecule has 3 N–H and O–H groups in total. The number of carbonyl (C=O) groups excluding carboxylic acids is 1. The van der Waals surface area contributed by atoms with Gasteiger partial charge in [-0.2, -0.15) is 0 Å². The molecule has 0 aliphatic carbocycles. The summed E-state index contributed by atoms with van der Waals surface area (Å²) in [5.41, 5.74) is 0.925. The zero-order valence-electron chi connectivity index (χ0n) is 7.27. The number of alkyl halides is 1. The molecule has 0 spiro atoms. The van der Waals surface area contributed by atoms with Crippen molar-refractivity contribution in [1.29, 1.82) is 0 Å². The zero-order valence-corrected chi connectivity index (χ0v) is 9.43. The minimum atomic E-state index is -1.51. The second-order valence-electron chi connectivity index (χ2n) is 2.68. The summed E-state index contributed by atoms with van der Waals surface area (Å²) >= 11 is 1.95. The van der Waals surface area contributed by atoms with Crippen LogP contribution < -0.4 is 10.8 Å². The number of rotatable bonds is 3. The van der Waals surface area contributed by atoms with Gasteiger partial charge in [-0.3, -0.25) is 4.79 Å². The molecule has 0 fully saturated rings. The molecule has 0 bridgehead atoms. The Morgan fingerprint density at radius 3 is 2.79 bits per heavy atom. The highest BCUT2D eigenvalue weighted by atomic mass is 127. The Kier molecular flexibility index (Phi) is 4.37. The zero-order chi connectivity index (χ0) is 10.6. The molecule has 1 rings (SSSR count). The summed E-state index contributed by atoms with van der Waals surface area (Å²) in [5, 5.41) is 20.4. The van der Waals surface area contributed by atoms with E-state index in [1.165, 1.54) is 6.07 Å². The summed E-state index contributed by atoms with van der Waals surface area (Å²) in [4.78, 5) is 11.0. The smallest absolute Gasteiger partial charge is 0.423 e. The second-order valence-corrected chi connectivity index (χ2v) is 3.44. The predicted octanol–water partition coefficient (Wildman–Crippen LogP) is -0.260. The van der Waals surface area contributed by atoms with E-state index in [1.807, 2.05) is 22.6 Å². The van der Waals surface area contributed by atoms with Gasteiger partial charge in [-0.1, -0.05) is 34.7 Å². The van der Waals surface area contributed by atoms with Crippen molar-refractivity contribution in [3.8, 4) is 0 Å². The van der Waals surface area contributed by atoms with E-state index in [0.717, 1.165) is 0 Å². The van der Waals surface area contributed by atoms with E-state index in [0.29, 0.717) is 15.6 Å². The Hall–Kier alpha value is -0.595. The third-order valence-electron chi connectivity index (χ3n) is 1.59. The van der Waals surface area contributed by atoms with E-state index in [1.54, 1.807) is 18.2 Å².